The highest BCUT2D eigenvalue weighted by Crippen LogP contribution is 2.63. The number of benzene rings is 22. The standard InChI is InChI=1S/2C66H43N/c1-4-18-43(19-5-1)45-22-16-23-48(40-45)63-54-31-13-12-29-52(54)57-41-46(34-36-55(57)63)47-35-38-61-58(42-47)64-62(67(61)60-33-17-21-44-20-10-11-28-51(44)60)39-37-56-53-30-14-15-32-59(53)66(65(56)64,49-24-6-2-7-25-49)50-26-8-3-9-27-50;1-4-18-43(19-5-1)45-22-16-23-48(40-45)63-53-30-13-12-29-52(53)56-41-46(34-36-54(56)63)47-35-38-61-57(42-47)65-62(67(61)60-33-17-21-44-20-10-11-28-51(44)60)39-37-59-64(65)55-31-14-15-32-58(55)66(59,49-24-6-2-7-25-49)50-26-8-3-9-27-50/h2*1-42,63H. The maximum atomic E-state index is 2.54. The van der Waals surface area contributed by atoms with Crippen LogP contribution in [-0.4, -0.2) is 9.13 Å². The molecule has 24 aromatic rings. The molecule has 0 saturated carbocycles. The van der Waals surface area contributed by atoms with Crippen molar-refractivity contribution in [3.05, 3.63) is 587 Å². The molecule has 0 radical (unpaired) electrons. The van der Waals surface area contributed by atoms with Gasteiger partial charge < -0.3 is 9.13 Å². The lowest BCUT2D eigenvalue weighted by atomic mass is 9.67. The molecule has 4 aliphatic rings. The van der Waals surface area contributed by atoms with Crippen molar-refractivity contribution in [1.29, 1.82) is 0 Å². The molecule has 2 aromatic heterocycles. The maximum Gasteiger partial charge on any atom is 0.0720 e. The highest BCUT2D eigenvalue weighted by molar-refractivity contribution is 6.21. The maximum absolute atomic E-state index is 2.54. The summed E-state index contributed by atoms with van der Waals surface area (Å²) < 4.78 is 5.06. The molecule has 0 aliphatic heterocycles. The van der Waals surface area contributed by atoms with E-state index in [0.717, 1.165) is 0 Å². The Kier molecular flexibility index (Phi) is 17.7. The van der Waals surface area contributed by atoms with Crippen LogP contribution in [0.1, 0.15) is 89.7 Å². The Morgan fingerprint density at radius 3 is 1.02 bits per heavy atom. The average Bonchev–Trinajstić information content (AvgIpc) is 1.52. The molecule has 134 heavy (non-hydrogen) atoms. The third kappa shape index (κ3) is 11.6. The zero-order chi connectivity index (χ0) is 88.1. The van der Waals surface area contributed by atoms with Gasteiger partial charge in [-0.2, -0.15) is 0 Å². The fourth-order valence-electron chi connectivity index (χ4n) is 24.3. The Morgan fingerprint density at radius 1 is 0.179 bits per heavy atom. The van der Waals surface area contributed by atoms with Gasteiger partial charge in [0.15, 0.2) is 0 Å². The molecule has 0 amide bonds. The Hall–Kier alpha value is -17.0. The lowest BCUT2D eigenvalue weighted by Gasteiger charge is -2.34. The zero-order valence-corrected chi connectivity index (χ0v) is 73.5. The van der Waals surface area contributed by atoms with E-state index in [-0.39, 0.29) is 11.8 Å². The molecule has 2 heteroatoms. The lowest BCUT2D eigenvalue weighted by molar-refractivity contribution is 0.769. The lowest BCUT2D eigenvalue weighted by Crippen LogP contribution is -2.28. The van der Waals surface area contributed by atoms with E-state index < -0.39 is 10.8 Å². The van der Waals surface area contributed by atoms with Gasteiger partial charge in [0, 0.05) is 44.2 Å². The molecular formula is C132H86N2. The van der Waals surface area contributed by atoms with Crippen LogP contribution in [-0.2, 0) is 10.8 Å². The molecule has 0 spiro atoms. The third-order valence-corrected chi connectivity index (χ3v) is 29.9. The molecule has 2 heterocycles. The molecule has 0 bridgehead atoms. The third-order valence-electron chi connectivity index (χ3n) is 29.9. The highest BCUT2D eigenvalue weighted by Gasteiger charge is 2.50. The summed E-state index contributed by atoms with van der Waals surface area (Å²) >= 11 is 0. The first kappa shape index (κ1) is 77.0. The minimum atomic E-state index is -0.564. The molecule has 28 rings (SSSR count). The first-order valence-electron chi connectivity index (χ1n) is 46.9. The van der Waals surface area contributed by atoms with Crippen LogP contribution in [0.5, 0.6) is 0 Å². The Labute approximate surface area is 779 Å². The van der Waals surface area contributed by atoms with Crippen molar-refractivity contribution < 1.29 is 0 Å². The van der Waals surface area contributed by atoms with E-state index in [9.17, 15) is 0 Å². The van der Waals surface area contributed by atoms with Crippen molar-refractivity contribution in [2.45, 2.75) is 22.7 Å². The second-order valence-corrected chi connectivity index (χ2v) is 36.6. The number of hydrogen-bond donors (Lipinski definition) is 0. The van der Waals surface area contributed by atoms with E-state index in [1.54, 1.807) is 0 Å². The van der Waals surface area contributed by atoms with Crippen LogP contribution in [0.3, 0.4) is 0 Å². The van der Waals surface area contributed by atoms with Crippen molar-refractivity contribution >= 4 is 65.2 Å². The number of fused-ring (bicyclic) bond motifs is 22. The number of nitrogens with zero attached hydrogens (tertiary/aromatic N) is 2. The van der Waals surface area contributed by atoms with Crippen LogP contribution in [0.25, 0.3) is 166 Å². The molecule has 2 unspecified atom stereocenters. The zero-order valence-electron chi connectivity index (χ0n) is 73.5. The van der Waals surface area contributed by atoms with Crippen molar-refractivity contribution in [2.24, 2.45) is 0 Å². The van der Waals surface area contributed by atoms with Gasteiger partial charge in [-0.15, -0.1) is 0 Å². The number of aromatic nitrogens is 2. The number of hydrogen-bond acceptors (Lipinski definition) is 0. The van der Waals surface area contributed by atoms with Gasteiger partial charge in [0.25, 0.3) is 0 Å². The highest BCUT2D eigenvalue weighted by atomic mass is 15.0. The first-order chi connectivity index (χ1) is 66.5. The van der Waals surface area contributed by atoms with Gasteiger partial charge in [0.2, 0.25) is 0 Å². The van der Waals surface area contributed by atoms with Crippen molar-refractivity contribution in [3.63, 3.8) is 0 Å². The molecule has 22 aromatic carbocycles. The van der Waals surface area contributed by atoms with E-state index >= 15 is 0 Å². The van der Waals surface area contributed by atoms with Gasteiger partial charge in [-0.05, 0) is 238 Å². The molecule has 0 N–H and O–H groups in total. The first-order valence-corrected chi connectivity index (χ1v) is 46.9. The summed E-state index contributed by atoms with van der Waals surface area (Å²) in [5.74, 6) is 0.306. The summed E-state index contributed by atoms with van der Waals surface area (Å²) in [6.45, 7) is 0. The summed E-state index contributed by atoms with van der Waals surface area (Å²) in [5, 5.41) is 10.00. The molecule has 0 fully saturated rings. The normalized spacial score (nSPS) is 14.2. The van der Waals surface area contributed by atoms with E-state index in [2.05, 4.69) is 519 Å². The largest absolute Gasteiger partial charge is 0.309 e. The van der Waals surface area contributed by atoms with Crippen LogP contribution in [0, 0.1) is 0 Å². The summed E-state index contributed by atoms with van der Waals surface area (Å²) in [4.78, 5) is 0. The monoisotopic (exact) mass is 1700 g/mol. The van der Waals surface area contributed by atoms with E-state index in [4.69, 9.17) is 0 Å². The topological polar surface area (TPSA) is 9.86 Å². The van der Waals surface area contributed by atoms with Gasteiger partial charge in [-0.3, -0.25) is 0 Å². The van der Waals surface area contributed by atoms with Gasteiger partial charge in [-0.1, -0.05) is 449 Å². The van der Waals surface area contributed by atoms with Crippen molar-refractivity contribution in [3.8, 4) is 100 Å². The van der Waals surface area contributed by atoms with E-state index in [1.165, 1.54) is 243 Å². The quantitative estimate of drug-likeness (QED) is 0.115. The molecule has 0 saturated heterocycles. The van der Waals surface area contributed by atoms with Crippen molar-refractivity contribution in [1.82, 2.24) is 9.13 Å². The molecule has 4 aliphatic carbocycles. The van der Waals surface area contributed by atoms with Crippen LogP contribution in [0.4, 0.5) is 0 Å². The van der Waals surface area contributed by atoms with Gasteiger partial charge in [0.1, 0.15) is 0 Å². The summed E-state index contributed by atoms with van der Waals surface area (Å²) in [6, 6.07) is 190. The fraction of sp³-hybridized carbons (Fsp3) is 0.0303. The van der Waals surface area contributed by atoms with Crippen LogP contribution < -0.4 is 0 Å². The fourth-order valence-corrected chi connectivity index (χ4v) is 24.3. The predicted octanol–water partition coefficient (Wildman–Crippen LogP) is 33.6. The minimum Gasteiger partial charge on any atom is -0.309 e. The Balaban J connectivity index is 0.000000136. The Morgan fingerprint density at radius 2 is 0.522 bits per heavy atom. The Bertz CT molecular complexity index is 8770. The van der Waals surface area contributed by atoms with Gasteiger partial charge >= 0.3 is 0 Å². The minimum absolute atomic E-state index is 0.151. The molecule has 2 atom stereocenters. The van der Waals surface area contributed by atoms with Gasteiger partial charge in [0.05, 0.1) is 44.3 Å². The van der Waals surface area contributed by atoms with Crippen molar-refractivity contribution in [2.75, 3.05) is 0 Å². The average molecular weight is 1700 g/mol. The second kappa shape index (κ2) is 30.8. The molecule has 624 valence electrons. The van der Waals surface area contributed by atoms with Gasteiger partial charge in [-0.25, -0.2) is 0 Å². The SMILES string of the molecule is c1ccc(-c2cccc(C3c4ccccc4-c4cc(-c5ccc6c(c5)c5c7c(ccc5n6-c5cccc6ccccc56)-c5ccccc5C7(c5ccccc5)c5ccccc5)ccc43)c2)cc1.c1ccc(-c2cccc(C3c4ccccc4-c4cc(-c5ccc6c(c5)c5c7c(ccc5n6-c5cccc6ccccc56)C(c5ccccc5)(c5ccccc5)c5ccccc5-7)ccc43)c2)cc1. The second-order valence-electron chi connectivity index (χ2n) is 36.6. The van der Waals surface area contributed by atoms with E-state index in [1.807, 2.05) is 0 Å². The summed E-state index contributed by atoms with van der Waals surface area (Å²) in [7, 11) is 0. The van der Waals surface area contributed by atoms with Crippen LogP contribution >= 0.6 is 0 Å². The number of rotatable bonds is 12. The summed E-state index contributed by atoms with van der Waals surface area (Å²) in [6.07, 6.45) is 0. The summed E-state index contributed by atoms with van der Waals surface area (Å²) in [5.41, 5.74) is 44.8. The smallest absolute Gasteiger partial charge is 0.0720 e. The van der Waals surface area contributed by atoms with Crippen LogP contribution in [0.2, 0.25) is 0 Å². The molecular weight excluding hydrogens is 1610 g/mol. The van der Waals surface area contributed by atoms with E-state index in [0.29, 0.717) is 0 Å². The van der Waals surface area contributed by atoms with Crippen LogP contribution in [0.15, 0.2) is 510 Å². The predicted molar refractivity (Wildman–Crippen MR) is 559 cm³/mol. The molecule has 2 nitrogen and oxygen atoms in total.